The number of anilines is 2. The Labute approximate surface area is 216 Å². The molecule has 4 heterocycles. The summed E-state index contributed by atoms with van der Waals surface area (Å²) in [6.45, 7) is 1.54. The first-order valence-corrected chi connectivity index (χ1v) is 14.1. The zero-order chi connectivity index (χ0) is 25.3. The summed E-state index contributed by atoms with van der Waals surface area (Å²) in [5, 5.41) is 3.98. The van der Waals surface area contributed by atoms with E-state index in [1.54, 1.807) is 18.3 Å². The molecule has 2 fully saturated rings. The number of pyridine rings is 1. The van der Waals surface area contributed by atoms with Crippen LogP contribution in [-0.2, 0) is 21.3 Å². The number of rotatable bonds is 8. The lowest BCUT2D eigenvalue weighted by Crippen LogP contribution is -2.31. The van der Waals surface area contributed by atoms with Gasteiger partial charge < -0.3 is 24.3 Å². The second-order valence-electron chi connectivity index (χ2n) is 8.98. The highest BCUT2D eigenvalue weighted by Crippen LogP contribution is 2.43. The van der Waals surface area contributed by atoms with Crippen LogP contribution in [-0.4, -0.2) is 49.2 Å². The van der Waals surface area contributed by atoms with Crippen molar-refractivity contribution in [2.75, 3.05) is 29.6 Å². The van der Waals surface area contributed by atoms with E-state index < -0.39 is 10.0 Å². The number of nitrogens with zero attached hydrogens (tertiary/aromatic N) is 3. The van der Waals surface area contributed by atoms with Crippen molar-refractivity contribution in [2.24, 2.45) is 0 Å². The van der Waals surface area contributed by atoms with E-state index in [1.807, 2.05) is 35.2 Å². The van der Waals surface area contributed by atoms with Crippen LogP contribution in [0, 0.1) is 0 Å². The van der Waals surface area contributed by atoms with Gasteiger partial charge in [-0.25, -0.2) is 8.42 Å². The summed E-state index contributed by atoms with van der Waals surface area (Å²) in [6.07, 6.45) is 7.22. The molecule has 0 spiro atoms. The molecule has 0 unspecified atom stereocenters. The third-order valence-corrected chi connectivity index (χ3v) is 7.35. The van der Waals surface area contributed by atoms with Crippen LogP contribution in [0.3, 0.4) is 0 Å². The first-order valence-electron chi connectivity index (χ1n) is 11.8. The van der Waals surface area contributed by atoms with E-state index in [0.717, 1.165) is 49.3 Å². The van der Waals surface area contributed by atoms with Crippen LogP contribution in [0.5, 0.6) is 5.75 Å². The van der Waals surface area contributed by atoms with Gasteiger partial charge in [0.2, 0.25) is 10.0 Å². The van der Waals surface area contributed by atoms with Crippen molar-refractivity contribution in [1.29, 1.82) is 0 Å². The molecule has 0 amide bonds. The smallest absolute Gasteiger partial charge is 0.229 e. The van der Waals surface area contributed by atoms with E-state index in [0.29, 0.717) is 16.5 Å². The topological polar surface area (TPSA) is 97.7 Å². The summed E-state index contributed by atoms with van der Waals surface area (Å²) in [6, 6.07) is 14.9. The Morgan fingerprint density at radius 3 is 2.81 bits per heavy atom. The standard InChI is InChI=1S/C25H29N5O4S2/c1-33-22-11-10-17(15-20(22)28-36(2,31)32)30-24(23(27-25(30)35)19-8-3-4-12-26-19)21-9-5-13-29(21)16-18-7-6-14-34-18/h3-5,8-13,15,18,23-24,28H,6-7,14,16H2,1-2H3,(H,27,35)/t18-,23-,24+/m1/s1. The molecular weight excluding hydrogens is 498 g/mol. The maximum atomic E-state index is 12.0. The molecule has 0 aliphatic carbocycles. The largest absolute Gasteiger partial charge is 0.495 e. The molecule has 9 nitrogen and oxygen atoms in total. The molecule has 0 saturated carbocycles. The maximum Gasteiger partial charge on any atom is 0.229 e. The molecule has 0 bridgehead atoms. The lowest BCUT2D eigenvalue weighted by molar-refractivity contribution is 0.0961. The lowest BCUT2D eigenvalue weighted by Gasteiger charge is -2.30. The van der Waals surface area contributed by atoms with Crippen molar-refractivity contribution in [2.45, 2.75) is 37.6 Å². The summed E-state index contributed by atoms with van der Waals surface area (Å²) >= 11 is 5.83. The molecule has 36 heavy (non-hydrogen) atoms. The fourth-order valence-electron chi connectivity index (χ4n) is 4.93. The molecule has 2 aliphatic rings. The van der Waals surface area contributed by atoms with E-state index >= 15 is 0 Å². The Bertz CT molecular complexity index is 1340. The number of aromatic nitrogens is 2. The summed E-state index contributed by atoms with van der Waals surface area (Å²) in [7, 11) is -2.02. The van der Waals surface area contributed by atoms with Crippen LogP contribution < -0.4 is 19.7 Å². The molecule has 2 saturated heterocycles. The fourth-order valence-corrected chi connectivity index (χ4v) is 5.83. The Balaban J connectivity index is 1.59. The van der Waals surface area contributed by atoms with Gasteiger partial charge in [0.1, 0.15) is 11.8 Å². The van der Waals surface area contributed by atoms with Crippen molar-refractivity contribution < 1.29 is 17.9 Å². The lowest BCUT2D eigenvalue weighted by atomic mass is 10.0. The minimum Gasteiger partial charge on any atom is -0.495 e. The first-order chi connectivity index (χ1) is 17.3. The molecule has 11 heteroatoms. The number of hydrogen-bond acceptors (Lipinski definition) is 6. The first kappa shape index (κ1) is 24.5. The highest BCUT2D eigenvalue weighted by molar-refractivity contribution is 7.92. The third kappa shape index (κ3) is 5.04. The van der Waals surface area contributed by atoms with Crippen LogP contribution in [0.1, 0.15) is 36.3 Å². The molecule has 2 N–H and O–H groups in total. The van der Waals surface area contributed by atoms with Gasteiger partial charge in [-0.3, -0.25) is 9.71 Å². The maximum absolute atomic E-state index is 12.0. The predicted octanol–water partition coefficient (Wildman–Crippen LogP) is 3.62. The van der Waals surface area contributed by atoms with Crippen molar-refractivity contribution in [3.8, 4) is 5.75 Å². The molecule has 2 aromatic heterocycles. The average Bonchev–Trinajstić information content (AvgIpc) is 3.59. The van der Waals surface area contributed by atoms with Gasteiger partial charge in [0.05, 0.1) is 36.9 Å². The van der Waals surface area contributed by atoms with Gasteiger partial charge in [-0.1, -0.05) is 6.07 Å². The second kappa shape index (κ2) is 10.1. The van der Waals surface area contributed by atoms with Gasteiger partial charge in [0, 0.05) is 36.9 Å². The number of hydrogen-bond donors (Lipinski definition) is 2. The highest BCUT2D eigenvalue weighted by atomic mass is 32.2. The van der Waals surface area contributed by atoms with Crippen LogP contribution in [0.4, 0.5) is 11.4 Å². The van der Waals surface area contributed by atoms with E-state index in [9.17, 15) is 8.42 Å². The number of ether oxygens (including phenoxy) is 2. The molecule has 190 valence electrons. The van der Waals surface area contributed by atoms with Crippen molar-refractivity contribution in [1.82, 2.24) is 14.9 Å². The SMILES string of the molecule is COc1ccc(N2C(=S)N[C@H](c3ccccn3)[C@@H]2c2cccn2C[C@H]2CCCO2)cc1NS(C)(=O)=O. The molecular formula is C25H29N5O4S2. The van der Waals surface area contributed by atoms with Crippen molar-refractivity contribution in [3.63, 3.8) is 0 Å². The number of benzene rings is 1. The van der Waals surface area contributed by atoms with Gasteiger partial charge in [-0.05, 0) is 67.5 Å². The fraction of sp³-hybridized carbons (Fsp3) is 0.360. The second-order valence-corrected chi connectivity index (χ2v) is 11.1. The number of methoxy groups -OCH3 is 1. The van der Waals surface area contributed by atoms with Crippen molar-refractivity contribution >= 4 is 38.7 Å². The summed E-state index contributed by atoms with van der Waals surface area (Å²) < 4.78 is 40.1. The Hall–Kier alpha value is -3.15. The van der Waals surface area contributed by atoms with Gasteiger partial charge in [0.25, 0.3) is 0 Å². The third-order valence-electron chi connectivity index (χ3n) is 6.45. The monoisotopic (exact) mass is 527 g/mol. The quantitative estimate of drug-likeness (QED) is 0.429. The van der Waals surface area contributed by atoms with E-state index in [-0.39, 0.29) is 18.2 Å². The number of nitrogens with one attached hydrogen (secondary N) is 2. The van der Waals surface area contributed by atoms with Crippen molar-refractivity contribution in [3.05, 3.63) is 72.3 Å². The van der Waals surface area contributed by atoms with E-state index in [1.165, 1.54) is 7.11 Å². The Morgan fingerprint density at radius 1 is 1.25 bits per heavy atom. The van der Waals surface area contributed by atoms with E-state index in [2.05, 4.69) is 31.9 Å². The highest BCUT2D eigenvalue weighted by Gasteiger charge is 2.42. The Kier molecular flexibility index (Phi) is 6.87. The molecule has 1 aromatic carbocycles. The molecule has 2 aliphatic heterocycles. The van der Waals surface area contributed by atoms with Gasteiger partial charge in [-0.2, -0.15) is 0 Å². The average molecular weight is 528 g/mol. The van der Waals surface area contributed by atoms with Crippen LogP contribution >= 0.6 is 12.2 Å². The van der Waals surface area contributed by atoms with Crippen LogP contribution in [0.15, 0.2) is 60.9 Å². The number of thiocarbonyl (C=S) groups is 1. The van der Waals surface area contributed by atoms with Gasteiger partial charge in [-0.15, -0.1) is 0 Å². The number of sulfonamides is 1. The van der Waals surface area contributed by atoms with Crippen LogP contribution in [0.2, 0.25) is 0 Å². The zero-order valence-corrected chi connectivity index (χ0v) is 21.8. The van der Waals surface area contributed by atoms with E-state index in [4.69, 9.17) is 21.7 Å². The molecule has 5 rings (SSSR count). The summed E-state index contributed by atoms with van der Waals surface area (Å²) in [5.74, 6) is 0.418. The summed E-state index contributed by atoms with van der Waals surface area (Å²) in [4.78, 5) is 6.63. The summed E-state index contributed by atoms with van der Waals surface area (Å²) in [5.41, 5.74) is 2.99. The molecule has 3 atom stereocenters. The Morgan fingerprint density at radius 2 is 2.11 bits per heavy atom. The normalized spacial score (nSPS) is 22.0. The van der Waals surface area contributed by atoms with Gasteiger partial charge in [0.15, 0.2) is 5.11 Å². The minimum absolute atomic E-state index is 0.172. The molecule has 0 radical (unpaired) electrons. The molecule has 3 aromatic rings. The predicted molar refractivity (Wildman–Crippen MR) is 143 cm³/mol. The zero-order valence-electron chi connectivity index (χ0n) is 20.1. The van der Waals surface area contributed by atoms with Gasteiger partial charge >= 0.3 is 0 Å². The van der Waals surface area contributed by atoms with Crippen LogP contribution in [0.25, 0.3) is 0 Å². The minimum atomic E-state index is -3.52.